The largest absolute Gasteiger partial charge is 0.453 e. The van der Waals surface area contributed by atoms with Crippen molar-refractivity contribution in [3.05, 3.63) is 313 Å². The molecule has 0 spiro atoms. The lowest BCUT2D eigenvalue weighted by Gasteiger charge is -2.38. The maximum Gasteiger partial charge on any atom is 0.255 e. The number of imide groups is 1. The zero-order chi connectivity index (χ0) is 72.9. The molecule has 9 aromatic carbocycles. The lowest BCUT2D eigenvalue weighted by atomic mass is 9.95. The second kappa shape index (κ2) is 27.9. The molecular weight excluding hydrogens is 1350 g/mol. The highest BCUT2D eigenvalue weighted by atomic mass is 16.8. The summed E-state index contributed by atoms with van der Waals surface area (Å²) in [6.45, 7) is 7.65. The van der Waals surface area contributed by atoms with Crippen LogP contribution in [0.2, 0.25) is 0 Å². The molecule has 5 aliphatic rings. The van der Waals surface area contributed by atoms with Crippen LogP contribution in [0.25, 0.3) is 60.8 Å². The summed E-state index contributed by atoms with van der Waals surface area (Å²) in [6.07, 6.45) is 8.10. The number of nitriles is 2. The van der Waals surface area contributed by atoms with Crippen LogP contribution in [-0.2, 0) is 38.0 Å². The third-order valence-electron chi connectivity index (χ3n) is 19.3. The molecule has 0 bridgehead atoms. The van der Waals surface area contributed by atoms with Crippen LogP contribution in [0.5, 0.6) is 11.5 Å². The summed E-state index contributed by atoms with van der Waals surface area (Å²) in [5.74, 6) is -0.988. The first-order valence-corrected chi connectivity index (χ1v) is 34.9. The number of hydrogen-bond acceptors (Lipinski definition) is 18. The number of fused-ring (bicyclic) bond motifs is 8. The molecule has 107 heavy (non-hydrogen) atoms. The normalized spacial score (nSPS) is 19.5. The third-order valence-corrected chi connectivity index (χ3v) is 19.3. The number of pyridine rings is 2. The standard InChI is InChI=1S/C39H32N4O3.C30H22N4O2.C18H12N2O5/c1-39(2)45-37(28-19-17-27(18-20-28)32-26-40-23-24-41-32)38(46-39)43-33-15-9-10-16-35(33)44-36-25-31(21-22-34(36)43)42(29-11-5-3-6-12-29)30-13-7-4-8-14-30;1-30(2)35-28(29(36-30)22-14-19(16-31)13-20(15-22)17-32)21-7-9-23(10-8-21)34-26-6-4-3-5-24(26)25-11-12-33-18-27(25)34;21-14-7-8-15(22)20(14)18-16(23-9-24-18)12-6-5-11-10-3-1-2-4-13(10)25-17(11)19-12/h3-26,37-38H,1-2H3;3-15,18,28-29H,1-2H3;1-8,16,18H,9H2/t37-,38+;28-,29-;16-,18+/m111/s1. The van der Waals surface area contributed by atoms with Crippen LogP contribution in [0.3, 0.4) is 0 Å². The first kappa shape index (κ1) is 67.2. The molecular formula is C87H66N10O10. The van der Waals surface area contributed by atoms with Crippen molar-refractivity contribution in [1.29, 1.82) is 10.5 Å². The van der Waals surface area contributed by atoms with Gasteiger partial charge in [0.05, 0.1) is 69.5 Å². The zero-order valence-corrected chi connectivity index (χ0v) is 58.3. The molecule has 0 N–H and O–H groups in total. The van der Waals surface area contributed by atoms with E-state index in [9.17, 15) is 20.1 Å². The van der Waals surface area contributed by atoms with E-state index in [0.717, 1.165) is 111 Å². The fourth-order valence-electron chi connectivity index (χ4n) is 14.6. The molecule has 2 amide bonds. The molecule has 19 rings (SSSR count). The fourth-order valence-corrected chi connectivity index (χ4v) is 14.6. The van der Waals surface area contributed by atoms with Gasteiger partial charge in [-0.15, -0.1) is 0 Å². The number of carbonyl (C=O) groups is 2. The Morgan fingerprint density at radius 3 is 1.81 bits per heavy atom. The Hall–Kier alpha value is -13.0. The van der Waals surface area contributed by atoms with E-state index in [4.69, 9.17) is 37.6 Å². The summed E-state index contributed by atoms with van der Waals surface area (Å²) in [5, 5.41) is 23.1. The van der Waals surface area contributed by atoms with Gasteiger partial charge in [-0.1, -0.05) is 121 Å². The van der Waals surface area contributed by atoms with Crippen molar-refractivity contribution in [2.75, 3.05) is 16.6 Å². The number of aromatic nitrogens is 5. The van der Waals surface area contributed by atoms with Crippen molar-refractivity contribution < 1.29 is 47.2 Å². The summed E-state index contributed by atoms with van der Waals surface area (Å²) in [6, 6.07) is 82.8. The number of ether oxygens (including phenoxy) is 7. The van der Waals surface area contributed by atoms with E-state index >= 15 is 0 Å². The number of amides is 2. The van der Waals surface area contributed by atoms with Gasteiger partial charge in [0.15, 0.2) is 42.3 Å². The quantitative estimate of drug-likeness (QED) is 0.110. The van der Waals surface area contributed by atoms with Crippen LogP contribution >= 0.6 is 0 Å². The van der Waals surface area contributed by atoms with E-state index in [1.165, 1.54) is 17.5 Å². The second-order valence-electron chi connectivity index (χ2n) is 27.0. The van der Waals surface area contributed by atoms with E-state index in [1.807, 2.05) is 131 Å². The molecule has 0 radical (unpaired) electrons. The first-order valence-electron chi connectivity index (χ1n) is 34.9. The number of para-hydroxylation sites is 6. The molecule has 3 fully saturated rings. The zero-order valence-electron chi connectivity index (χ0n) is 58.3. The Balaban J connectivity index is 0.000000123. The van der Waals surface area contributed by atoms with E-state index in [0.29, 0.717) is 22.5 Å². The number of hydrogen-bond donors (Lipinski definition) is 0. The molecule has 10 heterocycles. The Morgan fingerprint density at radius 2 is 1.09 bits per heavy atom. The van der Waals surface area contributed by atoms with Crippen LogP contribution in [0.1, 0.15) is 85.6 Å². The van der Waals surface area contributed by atoms with Crippen molar-refractivity contribution >= 4 is 84.1 Å². The maximum absolute atomic E-state index is 11.9. The SMILES string of the molecule is CC1(C)O[C@H](c2ccc(-c3cnccn3)cc2)[C@@H](N2c3ccccc3Oc3cc(N(c4ccccc4)c4ccccc4)ccc32)O1.CC1(C)O[C@H](c2ccc(-n3c4ccccc4c4ccncc43)cc2)[C@@H](c2cc(C#N)cc(C#N)c2)O1.O=C1C=CC(=O)N1[C@H]1OCO[C@@H]1c1ccc2c(n1)oc1ccccc12. The van der Waals surface area contributed by atoms with Gasteiger partial charge in [0.25, 0.3) is 11.8 Å². The van der Waals surface area contributed by atoms with Crippen molar-refractivity contribution in [3.8, 4) is 40.6 Å². The average Bonchev–Trinajstić information content (AvgIpc) is 1.70. The third kappa shape index (κ3) is 12.9. The average molecular weight is 1410 g/mol. The molecule has 524 valence electrons. The van der Waals surface area contributed by atoms with Gasteiger partial charge in [-0.3, -0.25) is 24.5 Å². The Kier molecular flexibility index (Phi) is 17.5. The molecule has 0 unspecified atom stereocenters. The van der Waals surface area contributed by atoms with Gasteiger partial charge >= 0.3 is 0 Å². The Morgan fingerprint density at radius 1 is 0.477 bits per heavy atom. The Bertz CT molecular complexity index is 5700. The van der Waals surface area contributed by atoms with Crippen molar-refractivity contribution in [1.82, 2.24) is 29.4 Å². The van der Waals surface area contributed by atoms with Crippen LogP contribution in [0.4, 0.5) is 28.4 Å². The van der Waals surface area contributed by atoms with Gasteiger partial charge in [-0.05, 0) is 154 Å². The monoisotopic (exact) mass is 1410 g/mol. The van der Waals surface area contributed by atoms with Crippen molar-refractivity contribution in [3.63, 3.8) is 0 Å². The van der Waals surface area contributed by atoms with Gasteiger partial charge in [-0.2, -0.15) is 10.5 Å². The molecule has 6 atom stereocenters. The van der Waals surface area contributed by atoms with Gasteiger partial charge in [0.1, 0.15) is 30.0 Å². The molecule has 0 aliphatic carbocycles. The van der Waals surface area contributed by atoms with Crippen molar-refractivity contribution in [2.45, 2.75) is 76.1 Å². The number of anilines is 5. The van der Waals surface area contributed by atoms with E-state index < -0.39 is 54.2 Å². The minimum absolute atomic E-state index is 0.0216. The topological polar surface area (TPSA) is 226 Å². The molecule has 14 aromatic rings. The highest BCUT2D eigenvalue weighted by Crippen LogP contribution is 2.55. The van der Waals surface area contributed by atoms with Crippen LogP contribution < -0.4 is 14.5 Å². The van der Waals surface area contributed by atoms with Gasteiger partial charge < -0.3 is 51.9 Å². The smallest absolute Gasteiger partial charge is 0.255 e. The number of carbonyl (C=O) groups excluding carboxylic acids is 2. The first-order chi connectivity index (χ1) is 52.2. The van der Waals surface area contributed by atoms with Crippen LogP contribution in [0.15, 0.2) is 284 Å². The lowest BCUT2D eigenvalue weighted by Crippen LogP contribution is -2.42. The van der Waals surface area contributed by atoms with E-state index in [1.54, 1.807) is 42.9 Å². The van der Waals surface area contributed by atoms with Gasteiger partial charge in [0, 0.05) is 86.7 Å². The van der Waals surface area contributed by atoms with Crippen molar-refractivity contribution in [2.24, 2.45) is 0 Å². The highest BCUT2D eigenvalue weighted by molar-refractivity contribution is 6.13. The van der Waals surface area contributed by atoms with Crippen LogP contribution in [0, 0.1) is 22.7 Å². The predicted octanol–water partition coefficient (Wildman–Crippen LogP) is 18.5. The predicted molar refractivity (Wildman–Crippen MR) is 402 cm³/mol. The molecule has 20 nitrogen and oxygen atoms in total. The van der Waals surface area contributed by atoms with E-state index in [2.05, 4.69) is 168 Å². The van der Waals surface area contributed by atoms with Crippen LogP contribution in [-0.4, -0.2) is 72.0 Å². The minimum Gasteiger partial charge on any atom is -0.453 e. The summed E-state index contributed by atoms with van der Waals surface area (Å²) in [5.41, 5.74) is 15.2. The van der Waals surface area contributed by atoms with E-state index in [-0.39, 0.29) is 12.9 Å². The molecule has 0 saturated carbocycles. The summed E-state index contributed by atoms with van der Waals surface area (Å²) >= 11 is 0. The van der Waals surface area contributed by atoms with Gasteiger partial charge in [0.2, 0.25) is 5.71 Å². The number of benzene rings is 9. The summed E-state index contributed by atoms with van der Waals surface area (Å²) in [7, 11) is 0. The Labute approximate surface area is 614 Å². The maximum atomic E-state index is 11.9. The second-order valence-corrected chi connectivity index (χ2v) is 27.0. The summed E-state index contributed by atoms with van der Waals surface area (Å²) in [4.78, 5) is 46.9. The number of furan rings is 1. The molecule has 5 aromatic heterocycles. The molecule has 20 heteroatoms. The highest BCUT2D eigenvalue weighted by Gasteiger charge is 2.49. The summed E-state index contributed by atoms with van der Waals surface area (Å²) < 4.78 is 51.6. The molecule has 5 aliphatic heterocycles. The molecule has 3 saturated heterocycles. The number of rotatable bonds is 11. The minimum atomic E-state index is -0.843. The lowest BCUT2D eigenvalue weighted by molar-refractivity contribution is -0.150. The van der Waals surface area contributed by atoms with Gasteiger partial charge in [-0.25, -0.2) is 9.88 Å². The fraction of sp³-hybridized carbons (Fsp3) is 0.149. The number of nitrogens with zero attached hydrogens (tertiary/aromatic N) is 10.